The molecule has 4 rings (SSSR count). The molecule has 41 heavy (non-hydrogen) atoms. The van der Waals surface area contributed by atoms with Crippen molar-refractivity contribution in [3.05, 3.63) is 83.4 Å². The molecule has 4 N–H and O–H groups in total. The number of hydrogen-bond donors (Lipinski definition) is 3. The number of aliphatic hydroxyl groups excluding tert-OH is 1. The molecule has 3 aromatic rings. The van der Waals surface area contributed by atoms with Crippen molar-refractivity contribution in [1.29, 1.82) is 0 Å². The molecular formula is C32H41N5O4. The third-order valence-electron chi connectivity index (χ3n) is 7.53. The maximum absolute atomic E-state index is 13.5. The zero-order chi connectivity index (χ0) is 29.7. The summed E-state index contributed by atoms with van der Waals surface area (Å²) >= 11 is 0. The highest BCUT2D eigenvalue weighted by Gasteiger charge is 2.33. The van der Waals surface area contributed by atoms with E-state index in [1.54, 1.807) is 17.0 Å². The maximum Gasteiger partial charge on any atom is 0.258 e. The van der Waals surface area contributed by atoms with Crippen molar-refractivity contribution < 1.29 is 19.4 Å². The highest BCUT2D eigenvalue weighted by Crippen LogP contribution is 2.31. The van der Waals surface area contributed by atoms with Crippen LogP contribution in [-0.4, -0.2) is 79.7 Å². The van der Waals surface area contributed by atoms with Crippen LogP contribution in [0.3, 0.4) is 0 Å². The molecule has 0 fully saturated rings. The Balaban J connectivity index is 1.47. The summed E-state index contributed by atoms with van der Waals surface area (Å²) in [6, 6.07) is 20.0. The minimum Gasteiger partial charge on any atom is -0.488 e. The van der Waals surface area contributed by atoms with Gasteiger partial charge in [0.25, 0.3) is 11.8 Å². The Kier molecular flexibility index (Phi) is 9.52. The van der Waals surface area contributed by atoms with Crippen LogP contribution >= 0.6 is 0 Å². The minimum absolute atomic E-state index is 0.0218. The van der Waals surface area contributed by atoms with Gasteiger partial charge in [0.2, 0.25) is 0 Å². The Bertz CT molecular complexity index is 1360. The molecule has 0 aliphatic carbocycles. The fourth-order valence-corrected chi connectivity index (χ4v) is 4.96. The second-order valence-electron chi connectivity index (χ2n) is 11.1. The number of fused-ring (bicyclic) bond motifs is 1. The van der Waals surface area contributed by atoms with E-state index >= 15 is 0 Å². The number of likely N-dealkylation sites (N-methyl/N-ethyl adjacent to an activating group) is 1. The highest BCUT2D eigenvalue weighted by molar-refractivity contribution is 6.05. The van der Waals surface area contributed by atoms with E-state index in [-0.39, 0.29) is 36.5 Å². The van der Waals surface area contributed by atoms with E-state index in [9.17, 15) is 14.7 Å². The molecule has 0 radical (unpaired) electrons. The molecule has 1 aliphatic rings. The Morgan fingerprint density at radius 2 is 1.83 bits per heavy atom. The summed E-state index contributed by atoms with van der Waals surface area (Å²) in [6.45, 7) is 5.58. The number of aliphatic hydroxyl groups is 1. The van der Waals surface area contributed by atoms with Crippen LogP contribution in [0, 0.1) is 5.92 Å². The topological polar surface area (TPSA) is 111 Å². The second-order valence-corrected chi connectivity index (χ2v) is 11.1. The number of carbonyl (C=O) groups excluding carboxylic acids is 2. The summed E-state index contributed by atoms with van der Waals surface area (Å²) in [6.07, 6.45) is -0.188. The van der Waals surface area contributed by atoms with Gasteiger partial charge in [-0.25, -0.2) is 0 Å². The number of anilines is 3. The normalized spacial score (nSPS) is 17.7. The molecule has 2 amide bonds. The first-order valence-corrected chi connectivity index (χ1v) is 13.9. The van der Waals surface area contributed by atoms with Crippen LogP contribution in [0.25, 0.3) is 0 Å². The van der Waals surface area contributed by atoms with Gasteiger partial charge in [-0.1, -0.05) is 31.2 Å². The second kappa shape index (κ2) is 13.1. The van der Waals surface area contributed by atoms with Crippen LogP contribution in [0.4, 0.5) is 17.1 Å². The third kappa shape index (κ3) is 7.17. The number of ether oxygens (including phenoxy) is 1. The van der Waals surface area contributed by atoms with Gasteiger partial charge in [0, 0.05) is 50.9 Å². The maximum atomic E-state index is 13.5. The lowest BCUT2D eigenvalue weighted by atomic mass is 9.99. The molecule has 0 saturated carbocycles. The van der Waals surface area contributed by atoms with E-state index in [2.05, 4.69) is 17.1 Å². The zero-order valence-electron chi connectivity index (χ0n) is 24.5. The average Bonchev–Trinajstić information content (AvgIpc) is 2.95. The number of carbonyl (C=O) groups is 2. The summed E-state index contributed by atoms with van der Waals surface area (Å²) in [5, 5.41) is 12.7. The van der Waals surface area contributed by atoms with Gasteiger partial charge in [0.05, 0.1) is 29.6 Å². The molecule has 9 heteroatoms. The number of nitrogen functional groups attached to an aromatic ring is 1. The van der Waals surface area contributed by atoms with Crippen molar-refractivity contribution in [3.63, 3.8) is 0 Å². The Morgan fingerprint density at radius 1 is 1.12 bits per heavy atom. The predicted octanol–water partition coefficient (Wildman–Crippen LogP) is 3.94. The Hall–Kier alpha value is -4.08. The smallest absolute Gasteiger partial charge is 0.258 e. The Labute approximate surface area is 242 Å². The molecule has 3 aromatic carbocycles. The third-order valence-corrected chi connectivity index (χ3v) is 7.53. The standard InChI is InChI=1S/C32H41N5O4/c1-21-17-37(22(2)20-38)32(40)26-16-25(35(3)4)14-15-29(26)41-30(21)19-36(5)18-23-10-12-24(13-11-23)31(39)34-28-9-7-6-8-27(28)33/h6-16,21-22,30,38H,17-20,33H2,1-5H3,(H,34,39)/t21-,22-,30-/m1/s1. The number of para-hydroxylation sites is 2. The fourth-order valence-electron chi connectivity index (χ4n) is 4.96. The van der Waals surface area contributed by atoms with Crippen molar-refractivity contribution in [3.8, 4) is 5.75 Å². The van der Waals surface area contributed by atoms with Crippen LogP contribution in [0.1, 0.15) is 40.1 Å². The summed E-state index contributed by atoms with van der Waals surface area (Å²) < 4.78 is 6.51. The summed E-state index contributed by atoms with van der Waals surface area (Å²) in [7, 11) is 5.90. The van der Waals surface area contributed by atoms with Gasteiger partial charge in [0.15, 0.2) is 0 Å². The lowest BCUT2D eigenvalue weighted by Gasteiger charge is -2.38. The molecule has 0 spiro atoms. The largest absolute Gasteiger partial charge is 0.488 e. The van der Waals surface area contributed by atoms with E-state index in [4.69, 9.17) is 10.5 Å². The van der Waals surface area contributed by atoms with Crippen molar-refractivity contribution in [2.24, 2.45) is 5.92 Å². The van der Waals surface area contributed by atoms with E-state index in [0.29, 0.717) is 47.9 Å². The van der Waals surface area contributed by atoms with E-state index < -0.39 is 0 Å². The molecular weight excluding hydrogens is 518 g/mol. The molecule has 3 atom stereocenters. The number of amides is 2. The van der Waals surface area contributed by atoms with Crippen molar-refractivity contribution >= 4 is 28.9 Å². The summed E-state index contributed by atoms with van der Waals surface area (Å²) in [5.41, 5.74) is 10.1. The molecule has 9 nitrogen and oxygen atoms in total. The van der Waals surface area contributed by atoms with Crippen molar-refractivity contribution in [1.82, 2.24) is 9.80 Å². The van der Waals surface area contributed by atoms with E-state index in [0.717, 1.165) is 11.3 Å². The van der Waals surface area contributed by atoms with Crippen LogP contribution in [-0.2, 0) is 6.54 Å². The molecule has 0 unspecified atom stereocenters. The van der Waals surface area contributed by atoms with Gasteiger partial charge in [-0.05, 0) is 62.0 Å². The molecule has 1 heterocycles. The van der Waals surface area contributed by atoms with Crippen molar-refractivity contribution in [2.75, 3.05) is 56.8 Å². The molecule has 0 bridgehead atoms. The first-order chi connectivity index (χ1) is 19.6. The fraction of sp³-hybridized carbons (Fsp3) is 0.375. The van der Waals surface area contributed by atoms with Crippen LogP contribution in [0.2, 0.25) is 0 Å². The first kappa shape index (κ1) is 29.9. The lowest BCUT2D eigenvalue weighted by Crippen LogP contribution is -2.49. The van der Waals surface area contributed by atoms with Gasteiger partial charge in [-0.2, -0.15) is 0 Å². The molecule has 218 valence electrons. The van der Waals surface area contributed by atoms with E-state index in [1.165, 1.54) is 0 Å². The molecule has 1 aliphatic heterocycles. The molecule has 0 aromatic heterocycles. The predicted molar refractivity (Wildman–Crippen MR) is 164 cm³/mol. The Morgan fingerprint density at radius 3 is 2.49 bits per heavy atom. The monoisotopic (exact) mass is 559 g/mol. The van der Waals surface area contributed by atoms with E-state index in [1.807, 2.05) is 87.6 Å². The van der Waals surface area contributed by atoms with Gasteiger partial charge in [0.1, 0.15) is 11.9 Å². The van der Waals surface area contributed by atoms with Crippen LogP contribution in [0.5, 0.6) is 5.75 Å². The number of nitrogens with two attached hydrogens (primary N) is 1. The number of hydrogen-bond acceptors (Lipinski definition) is 7. The number of nitrogens with zero attached hydrogens (tertiary/aromatic N) is 3. The van der Waals surface area contributed by atoms with Crippen molar-refractivity contribution in [2.45, 2.75) is 32.5 Å². The number of nitrogens with one attached hydrogen (secondary N) is 1. The van der Waals surface area contributed by atoms with Crippen LogP contribution in [0.15, 0.2) is 66.7 Å². The zero-order valence-corrected chi connectivity index (χ0v) is 24.5. The first-order valence-electron chi connectivity index (χ1n) is 13.9. The quantitative estimate of drug-likeness (QED) is 0.341. The number of rotatable bonds is 9. The molecule has 0 saturated heterocycles. The lowest BCUT2D eigenvalue weighted by molar-refractivity contribution is 0.0341. The number of benzene rings is 3. The SMILES string of the molecule is C[C@@H]1CN([C@H](C)CO)C(=O)c2cc(N(C)C)ccc2O[C@@H]1CN(C)Cc1ccc(C(=O)Nc2ccccc2N)cc1. The van der Waals surface area contributed by atoms with Gasteiger partial charge >= 0.3 is 0 Å². The summed E-state index contributed by atoms with van der Waals surface area (Å²) in [4.78, 5) is 32.1. The van der Waals surface area contributed by atoms with Crippen LogP contribution < -0.4 is 20.7 Å². The minimum atomic E-state index is -0.314. The average molecular weight is 560 g/mol. The highest BCUT2D eigenvalue weighted by atomic mass is 16.5. The summed E-state index contributed by atoms with van der Waals surface area (Å²) in [5.74, 6) is 0.221. The van der Waals surface area contributed by atoms with Gasteiger partial charge < -0.3 is 30.7 Å². The van der Waals surface area contributed by atoms with Gasteiger partial charge in [-0.15, -0.1) is 0 Å². The van der Waals surface area contributed by atoms with Gasteiger partial charge in [-0.3, -0.25) is 14.5 Å².